The Labute approximate surface area is 168 Å². The molecule has 0 unspecified atom stereocenters. The van der Waals surface area contributed by atoms with Gasteiger partial charge in [-0.1, -0.05) is 6.07 Å². The van der Waals surface area contributed by atoms with E-state index in [1.807, 2.05) is 0 Å². The normalized spacial score (nSPS) is 16.0. The zero-order valence-electron chi connectivity index (χ0n) is 15.5. The van der Waals surface area contributed by atoms with Crippen LogP contribution in [0, 0.1) is 0 Å². The lowest BCUT2D eigenvalue weighted by atomic mass is 9.86. The van der Waals surface area contributed by atoms with E-state index in [0.29, 0.717) is 30.4 Å². The smallest absolute Gasteiger partial charge is 0.344 e. The number of rotatable bonds is 3. The van der Waals surface area contributed by atoms with Crippen molar-refractivity contribution in [3.8, 4) is 11.6 Å². The molecule has 1 atom stereocenters. The maximum absolute atomic E-state index is 13.0. The first kappa shape index (κ1) is 19.7. The summed E-state index contributed by atoms with van der Waals surface area (Å²) < 4.78 is 38.9. The molecule has 10 heteroatoms. The van der Waals surface area contributed by atoms with Gasteiger partial charge in [0.25, 0.3) is 11.5 Å². The average Bonchev–Trinajstić information content (AvgIpc) is 2.73. The maximum atomic E-state index is 13.0. The Hall–Kier alpha value is -3.56. The summed E-state index contributed by atoms with van der Waals surface area (Å²) in [7, 11) is 0. The summed E-state index contributed by atoms with van der Waals surface area (Å²) in [5, 5.41) is 2.78. The molecule has 0 bridgehead atoms. The van der Waals surface area contributed by atoms with E-state index in [-0.39, 0.29) is 17.3 Å². The molecule has 7 nitrogen and oxygen atoms in total. The van der Waals surface area contributed by atoms with Crippen LogP contribution in [-0.4, -0.2) is 25.8 Å². The number of benzene rings is 1. The third-order valence-electron chi connectivity index (χ3n) is 4.84. The van der Waals surface area contributed by atoms with Crippen molar-refractivity contribution in [1.82, 2.24) is 25.3 Å². The molecule has 0 saturated carbocycles. The standard InChI is InChI=1S/C20H16F3N5O2/c21-20(22,23)12-5-6-13-11(9-12)3-1-4-14(13)27-19(30)15-10-16(29)28-18(26-15)17-24-7-2-8-25-17/h2,5-10,14H,1,3-4H2,(H,27,30)(H,26,28,29)/t14-/m1/s1. The number of aromatic nitrogens is 4. The minimum absolute atomic E-state index is 0.0483. The second-order valence-electron chi connectivity index (χ2n) is 6.88. The van der Waals surface area contributed by atoms with Crippen molar-refractivity contribution in [2.45, 2.75) is 31.5 Å². The number of hydrogen-bond donors (Lipinski definition) is 2. The molecular formula is C20H16F3N5O2. The molecule has 2 heterocycles. The summed E-state index contributed by atoms with van der Waals surface area (Å²) in [4.78, 5) is 39.3. The second kappa shape index (κ2) is 7.69. The third-order valence-corrected chi connectivity index (χ3v) is 4.84. The Morgan fingerprint density at radius 2 is 1.93 bits per heavy atom. The number of carbonyl (C=O) groups is 1. The van der Waals surface area contributed by atoms with Crippen LogP contribution in [-0.2, 0) is 12.6 Å². The van der Waals surface area contributed by atoms with E-state index in [1.165, 1.54) is 18.5 Å². The number of H-pyrrole nitrogens is 1. The van der Waals surface area contributed by atoms with Crippen LogP contribution in [0.5, 0.6) is 0 Å². The summed E-state index contributed by atoms with van der Waals surface area (Å²) in [6, 6.07) is 5.72. The lowest BCUT2D eigenvalue weighted by Crippen LogP contribution is -2.32. The first-order valence-electron chi connectivity index (χ1n) is 9.21. The topological polar surface area (TPSA) is 101 Å². The number of hydrogen-bond acceptors (Lipinski definition) is 5. The van der Waals surface area contributed by atoms with Crippen molar-refractivity contribution in [3.05, 3.63) is 75.5 Å². The van der Waals surface area contributed by atoms with Crippen LogP contribution in [0.25, 0.3) is 11.6 Å². The summed E-state index contributed by atoms with van der Waals surface area (Å²) in [5.74, 6) is -0.393. The van der Waals surface area contributed by atoms with Gasteiger partial charge >= 0.3 is 6.18 Å². The summed E-state index contributed by atoms with van der Waals surface area (Å²) in [6.07, 6.45) is 0.236. The van der Waals surface area contributed by atoms with Crippen LogP contribution in [0.3, 0.4) is 0 Å². The van der Waals surface area contributed by atoms with Gasteiger partial charge < -0.3 is 10.3 Å². The van der Waals surface area contributed by atoms with Gasteiger partial charge in [-0.2, -0.15) is 13.2 Å². The summed E-state index contributed by atoms with van der Waals surface area (Å²) in [5.41, 5.74) is -0.189. The molecule has 0 saturated heterocycles. The first-order chi connectivity index (χ1) is 14.3. The highest BCUT2D eigenvalue weighted by Crippen LogP contribution is 2.35. The number of carbonyl (C=O) groups excluding carboxylic acids is 1. The van der Waals surface area contributed by atoms with Crippen LogP contribution in [0.1, 0.15) is 46.1 Å². The predicted molar refractivity (Wildman–Crippen MR) is 100 cm³/mol. The van der Waals surface area contributed by atoms with Gasteiger partial charge in [0.2, 0.25) is 0 Å². The van der Waals surface area contributed by atoms with Gasteiger partial charge in [-0.3, -0.25) is 9.59 Å². The Morgan fingerprint density at radius 3 is 2.67 bits per heavy atom. The van der Waals surface area contributed by atoms with E-state index in [2.05, 4.69) is 25.3 Å². The molecule has 1 amide bonds. The number of amides is 1. The van der Waals surface area contributed by atoms with Crippen LogP contribution in [0.2, 0.25) is 0 Å². The van der Waals surface area contributed by atoms with E-state index in [9.17, 15) is 22.8 Å². The van der Waals surface area contributed by atoms with Crippen LogP contribution < -0.4 is 10.9 Å². The Kier molecular flexibility index (Phi) is 5.06. The number of aryl methyl sites for hydroxylation is 1. The fourth-order valence-electron chi connectivity index (χ4n) is 3.47. The molecule has 30 heavy (non-hydrogen) atoms. The Bertz CT molecular complexity index is 1150. The fourth-order valence-corrected chi connectivity index (χ4v) is 3.47. The lowest BCUT2D eigenvalue weighted by molar-refractivity contribution is -0.137. The predicted octanol–water partition coefficient (Wildman–Crippen LogP) is 3.05. The minimum Gasteiger partial charge on any atom is -0.344 e. The molecule has 2 aromatic heterocycles. The van der Waals surface area contributed by atoms with Crippen molar-refractivity contribution >= 4 is 5.91 Å². The SMILES string of the molecule is O=C(N[C@@H]1CCCc2cc(C(F)(F)F)ccc21)c1cc(=O)[nH]c(-c2ncccn2)n1. The molecule has 0 radical (unpaired) electrons. The monoisotopic (exact) mass is 415 g/mol. The number of nitrogens with one attached hydrogen (secondary N) is 2. The molecule has 1 aromatic carbocycles. The number of halogens is 3. The van der Waals surface area contributed by atoms with Crippen LogP contribution >= 0.6 is 0 Å². The molecule has 0 spiro atoms. The molecular weight excluding hydrogens is 399 g/mol. The zero-order valence-corrected chi connectivity index (χ0v) is 15.5. The molecule has 1 aliphatic rings. The maximum Gasteiger partial charge on any atom is 0.416 e. The fraction of sp³-hybridized carbons (Fsp3) is 0.250. The van der Waals surface area contributed by atoms with Crippen molar-refractivity contribution in [2.75, 3.05) is 0 Å². The second-order valence-corrected chi connectivity index (χ2v) is 6.88. The van der Waals surface area contributed by atoms with E-state index in [0.717, 1.165) is 18.2 Å². The molecule has 4 rings (SSSR count). The summed E-state index contributed by atoms with van der Waals surface area (Å²) in [6.45, 7) is 0. The van der Waals surface area contributed by atoms with Crippen molar-refractivity contribution in [3.63, 3.8) is 0 Å². The molecule has 0 fully saturated rings. The number of fused-ring (bicyclic) bond motifs is 1. The number of aromatic amines is 1. The highest BCUT2D eigenvalue weighted by atomic mass is 19.4. The number of nitrogens with zero attached hydrogens (tertiary/aromatic N) is 3. The molecule has 154 valence electrons. The highest BCUT2D eigenvalue weighted by Gasteiger charge is 2.32. The summed E-state index contributed by atoms with van der Waals surface area (Å²) >= 11 is 0. The Morgan fingerprint density at radius 1 is 1.17 bits per heavy atom. The zero-order chi connectivity index (χ0) is 21.3. The van der Waals surface area contributed by atoms with Crippen LogP contribution in [0.15, 0.2) is 47.5 Å². The molecule has 2 N–H and O–H groups in total. The van der Waals surface area contributed by atoms with Gasteiger partial charge in [0.05, 0.1) is 11.6 Å². The largest absolute Gasteiger partial charge is 0.416 e. The van der Waals surface area contributed by atoms with Gasteiger partial charge in [0, 0.05) is 18.5 Å². The van der Waals surface area contributed by atoms with E-state index in [4.69, 9.17) is 0 Å². The minimum atomic E-state index is -4.42. The van der Waals surface area contributed by atoms with Crippen molar-refractivity contribution < 1.29 is 18.0 Å². The molecule has 0 aliphatic heterocycles. The van der Waals surface area contributed by atoms with E-state index >= 15 is 0 Å². The lowest BCUT2D eigenvalue weighted by Gasteiger charge is -2.27. The van der Waals surface area contributed by atoms with E-state index < -0.39 is 29.2 Å². The average molecular weight is 415 g/mol. The molecule has 3 aromatic rings. The van der Waals surface area contributed by atoms with Crippen LogP contribution in [0.4, 0.5) is 13.2 Å². The van der Waals surface area contributed by atoms with Crippen molar-refractivity contribution in [2.24, 2.45) is 0 Å². The van der Waals surface area contributed by atoms with Gasteiger partial charge in [0.1, 0.15) is 5.69 Å². The van der Waals surface area contributed by atoms with Gasteiger partial charge in [-0.05, 0) is 48.6 Å². The highest BCUT2D eigenvalue weighted by molar-refractivity contribution is 5.92. The third kappa shape index (κ3) is 4.07. The molecule has 1 aliphatic carbocycles. The van der Waals surface area contributed by atoms with E-state index in [1.54, 1.807) is 6.07 Å². The number of alkyl halides is 3. The van der Waals surface area contributed by atoms with Crippen molar-refractivity contribution in [1.29, 1.82) is 0 Å². The van der Waals surface area contributed by atoms with Gasteiger partial charge in [0.15, 0.2) is 11.6 Å². The van der Waals surface area contributed by atoms with Gasteiger partial charge in [-0.25, -0.2) is 15.0 Å². The quantitative estimate of drug-likeness (QED) is 0.685. The van der Waals surface area contributed by atoms with Gasteiger partial charge in [-0.15, -0.1) is 0 Å². The Balaban J connectivity index is 1.60. The first-order valence-corrected chi connectivity index (χ1v) is 9.21.